The molecule has 0 saturated carbocycles. The summed E-state index contributed by atoms with van der Waals surface area (Å²) in [5.74, 6) is 0.492. The van der Waals surface area contributed by atoms with Gasteiger partial charge in [0.1, 0.15) is 0 Å². The second kappa shape index (κ2) is 6.73. The lowest BCUT2D eigenvalue weighted by atomic mass is 10.0. The Labute approximate surface area is 130 Å². The molecule has 0 bridgehead atoms. The highest BCUT2D eigenvalue weighted by molar-refractivity contribution is 7.80. The topological polar surface area (TPSA) is 24.1 Å². The largest absolute Gasteiger partial charge is 0.332 e. The van der Waals surface area contributed by atoms with E-state index in [-0.39, 0.29) is 0 Å². The van der Waals surface area contributed by atoms with Crippen LogP contribution >= 0.6 is 23.8 Å². The standard InChI is InChI=1S/C16H17ClN2S/c1-11(2)12-5-3-7-14(9-12)18-16(20)19-15-8-4-6-13(17)10-15/h3-11H,1-2H3,(H2,18,19,20). The van der Waals surface area contributed by atoms with Gasteiger partial charge in [0.05, 0.1) is 0 Å². The minimum Gasteiger partial charge on any atom is -0.332 e. The highest BCUT2D eigenvalue weighted by Gasteiger charge is 2.02. The molecule has 2 nitrogen and oxygen atoms in total. The fourth-order valence-electron chi connectivity index (χ4n) is 1.84. The van der Waals surface area contributed by atoms with Crippen LogP contribution in [0.2, 0.25) is 5.02 Å². The van der Waals surface area contributed by atoms with Gasteiger partial charge >= 0.3 is 0 Å². The summed E-state index contributed by atoms with van der Waals surface area (Å²) in [5.41, 5.74) is 3.13. The lowest BCUT2D eigenvalue weighted by Gasteiger charge is -2.12. The van der Waals surface area contributed by atoms with Crippen molar-refractivity contribution in [3.05, 3.63) is 59.1 Å². The summed E-state index contributed by atoms with van der Waals surface area (Å²) >= 11 is 11.2. The van der Waals surface area contributed by atoms with Crippen LogP contribution in [0.5, 0.6) is 0 Å². The van der Waals surface area contributed by atoms with Gasteiger partial charge in [-0.15, -0.1) is 0 Å². The van der Waals surface area contributed by atoms with Crippen LogP contribution in [0.25, 0.3) is 0 Å². The molecule has 0 radical (unpaired) electrons. The van der Waals surface area contributed by atoms with Crippen molar-refractivity contribution in [2.24, 2.45) is 0 Å². The third-order valence-corrected chi connectivity index (χ3v) is 3.33. The van der Waals surface area contributed by atoms with Crippen LogP contribution in [0.15, 0.2) is 48.5 Å². The lowest BCUT2D eigenvalue weighted by Crippen LogP contribution is -2.19. The molecule has 0 amide bonds. The van der Waals surface area contributed by atoms with Crippen LogP contribution in [-0.4, -0.2) is 5.11 Å². The maximum Gasteiger partial charge on any atom is 0.175 e. The molecule has 2 N–H and O–H groups in total. The van der Waals surface area contributed by atoms with Crippen LogP contribution in [0.3, 0.4) is 0 Å². The van der Waals surface area contributed by atoms with Gasteiger partial charge in [-0.1, -0.05) is 43.6 Å². The molecule has 0 aliphatic carbocycles. The van der Waals surface area contributed by atoms with Gasteiger partial charge in [0.15, 0.2) is 5.11 Å². The van der Waals surface area contributed by atoms with Gasteiger partial charge in [-0.25, -0.2) is 0 Å². The van der Waals surface area contributed by atoms with Crippen LogP contribution in [0.1, 0.15) is 25.3 Å². The normalized spacial score (nSPS) is 10.4. The van der Waals surface area contributed by atoms with Crippen molar-refractivity contribution in [3.8, 4) is 0 Å². The quantitative estimate of drug-likeness (QED) is 0.755. The fourth-order valence-corrected chi connectivity index (χ4v) is 2.26. The summed E-state index contributed by atoms with van der Waals surface area (Å²) in [7, 11) is 0. The Bertz CT molecular complexity index is 611. The molecule has 0 aromatic heterocycles. The molecule has 0 saturated heterocycles. The van der Waals surface area contributed by atoms with Crippen LogP contribution in [-0.2, 0) is 0 Å². The Kier molecular flexibility index (Phi) is 4.99. The highest BCUT2D eigenvalue weighted by atomic mass is 35.5. The Morgan fingerprint density at radius 2 is 1.60 bits per heavy atom. The summed E-state index contributed by atoms with van der Waals surface area (Å²) in [6, 6.07) is 15.7. The number of nitrogens with one attached hydrogen (secondary N) is 2. The van der Waals surface area contributed by atoms with E-state index in [0.717, 1.165) is 11.4 Å². The summed E-state index contributed by atoms with van der Waals surface area (Å²) in [6.07, 6.45) is 0. The first-order chi connectivity index (χ1) is 9.54. The second-order valence-corrected chi connectivity index (χ2v) is 5.71. The maximum absolute atomic E-state index is 5.94. The van der Waals surface area contributed by atoms with Crippen LogP contribution < -0.4 is 10.6 Å². The number of benzene rings is 2. The smallest absolute Gasteiger partial charge is 0.175 e. The summed E-state index contributed by atoms with van der Waals surface area (Å²) < 4.78 is 0. The molecule has 0 atom stereocenters. The van der Waals surface area contributed by atoms with Gasteiger partial charge < -0.3 is 10.6 Å². The van der Waals surface area contributed by atoms with Crippen molar-refractivity contribution in [1.29, 1.82) is 0 Å². The third kappa shape index (κ3) is 4.22. The van der Waals surface area contributed by atoms with Gasteiger partial charge in [-0.05, 0) is 54.0 Å². The molecule has 20 heavy (non-hydrogen) atoms. The van der Waals surface area contributed by atoms with Gasteiger partial charge in [-0.2, -0.15) is 0 Å². The third-order valence-electron chi connectivity index (χ3n) is 2.89. The van der Waals surface area contributed by atoms with Gasteiger partial charge in [0, 0.05) is 16.4 Å². The number of thiocarbonyl (C=S) groups is 1. The number of rotatable bonds is 3. The first-order valence-electron chi connectivity index (χ1n) is 6.48. The molecule has 4 heteroatoms. The Hall–Kier alpha value is -1.58. The number of hydrogen-bond acceptors (Lipinski definition) is 1. The SMILES string of the molecule is CC(C)c1cccc(NC(=S)Nc2cccc(Cl)c2)c1. The molecule has 104 valence electrons. The van der Waals surface area contributed by atoms with E-state index in [9.17, 15) is 0 Å². The van der Waals surface area contributed by atoms with Gasteiger partial charge in [0.2, 0.25) is 0 Å². The summed E-state index contributed by atoms with van der Waals surface area (Å²) in [6.45, 7) is 4.34. The Balaban J connectivity index is 2.03. The van der Waals surface area contributed by atoms with E-state index in [1.54, 1.807) is 0 Å². The molecule has 2 aromatic rings. The monoisotopic (exact) mass is 304 g/mol. The zero-order valence-electron chi connectivity index (χ0n) is 11.5. The predicted octanol–water partition coefficient (Wildman–Crippen LogP) is 5.27. The fraction of sp³-hybridized carbons (Fsp3) is 0.188. The highest BCUT2D eigenvalue weighted by Crippen LogP contribution is 2.19. The molecular weight excluding hydrogens is 288 g/mol. The second-order valence-electron chi connectivity index (χ2n) is 4.87. The summed E-state index contributed by atoms with van der Waals surface area (Å²) in [4.78, 5) is 0. The number of anilines is 2. The molecule has 0 aliphatic heterocycles. The van der Waals surface area contributed by atoms with E-state index in [2.05, 4.69) is 36.6 Å². The minimum absolute atomic E-state index is 0.492. The van der Waals surface area contributed by atoms with Crippen molar-refractivity contribution < 1.29 is 0 Å². The molecule has 2 rings (SSSR count). The first kappa shape index (κ1) is 14.8. The predicted molar refractivity (Wildman–Crippen MR) is 91.8 cm³/mol. The zero-order chi connectivity index (χ0) is 14.5. The van der Waals surface area contributed by atoms with Gasteiger partial charge in [-0.3, -0.25) is 0 Å². The average molecular weight is 305 g/mol. The summed E-state index contributed by atoms with van der Waals surface area (Å²) in [5, 5.41) is 7.53. The molecule has 0 spiro atoms. The minimum atomic E-state index is 0.492. The van der Waals surface area contributed by atoms with E-state index in [0.29, 0.717) is 16.1 Å². The van der Waals surface area contributed by atoms with Crippen molar-refractivity contribution in [2.75, 3.05) is 10.6 Å². The average Bonchev–Trinajstić information content (AvgIpc) is 2.38. The number of halogens is 1. The van der Waals surface area contributed by atoms with Gasteiger partial charge in [0.25, 0.3) is 0 Å². The van der Waals surface area contributed by atoms with Crippen LogP contribution in [0.4, 0.5) is 11.4 Å². The zero-order valence-corrected chi connectivity index (χ0v) is 13.1. The van der Waals surface area contributed by atoms with Crippen molar-refractivity contribution in [3.63, 3.8) is 0 Å². The maximum atomic E-state index is 5.94. The van der Waals surface area contributed by atoms with E-state index in [1.165, 1.54) is 5.56 Å². The molecule has 0 unspecified atom stereocenters. The molecule has 2 aromatic carbocycles. The molecular formula is C16H17ClN2S. The Morgan fingerprint density at radius 1 is 1.00 bits per heavy atom. The molecule has 0 aliphatic rings. The van der Waals surface area contributed by atoms with E-state index in [1.807, 2.05) is 36.4 Å². The van der Waals surface area contributed by atoms with Crippen molar-refractivity contribution in [2.45, 2.75) is 19.8 Å². The van der Waals surface area contributed by atoms with E-state index < -0.39 is 0 Å². The van der Waals surface area contributed by atoms with Crippen LogP contribution in [0, 0.1) is 0 Å². The number of hydrogen-bond donors (Lipinski definition) is 2. The van der Waals surface area contributed by atoms with E-state index >= 15 is 0 Å². The molecule has 0 fully saturated rings. The van der Waals surface area contributed by atoms with E-state index in [4.69, 9.17) is 23.8 Å². The molecule has 0 heterocycles. The lowest BCUT2D eigenvalue weighted by molar-refractivity contribution is 0.867. The Morgan fingerprint density at radius 3 is 2.20 bits per heavy atom. The van der Waals surface area contributed by atoms with Crippen molar-refractivity contribution >= 4 is 40.3 Å². The first-order valence-corrected chi connectivity index (χ1v) is 7.27. The van der Waals surface area contributed by atoms with Crippen molar-refractivity contribution in [1.82, 2.24) is 0 Å².